The van der Waals surface area contributed by atoms with Crippen LogP contribution in [0.5, 0.6) is 0 Å². The second-order valence-electron chi connectivity index (χ2n) is 6.40. The molecule has 1 fully saturated rings. The van der Waals surface area contributed by atoms with Crippen LogP contribution >= 0.6 is 0 Å². The Morgan fingerprint density at radius 2 is 1.58 bits per heavy atom. The highest BCUT2D eigenvalue weighted by Crippen LogP contribution is 2.23. The lowest BCUT2D eigenvalue weighted by Gasteiger charge is -2.22. The average Bonchev–Trinajstić information content (AvgIpc) is 2.78. The lowest BCUT2D eigenvalue weighted by Crippen LogP contribution is -2.29. The minimum atomic E-state index is 0.248. The van der Waals surface area contributed by atoms with Gasteiger partial charge in [-0.1, -0.05) is 30.3 Å². The molecular formula is C20H25N3O. The van der Waals surface area contributed by atoms with Crippen molar-refractivity contribution in [2.24, 2.45) is 0 Å². The third kappa shape index (κ3) is 3.95. The number of amides is 1. The van der Waals surface area contributed by atoms with Crippen molar-refractivity contribution in [2.75, 3.05) is 38.6 Å². The van der Waals surface area contributed by atoms with Gasteiger partial charge < -0.3 is 9.80 Å². The highest BCUT2D eigenvalue weighted by atomic mass is 16.2. The minimum absolute atomic E-state index is 0.248. The van der Waals surface area contributed by atoms with Crippen molar-refractivity contribution in [2.45, 2.75) is 13.0 Å². The molecule has 0 saturated carbocycles. The van der Waals surface area contributed by atoms with Crippen LogP contribution in [0, 0.1) is 0 Å². The van der Waals surface area contributed by atoms with E-state index in [9.17, 15) is 4.79 Å². The predicted octanol–water partition coefficient (Wildman–Crippen LogP) is 3.12. The van der Waals surface area contributed by atoms with Gasteiger partial charge in [0.05, 0.1) is 0 Å². The van der Waals surface area contributed by atoms with Gasteiger partial charge >= 0.3 is 0 Å². The van der Waals surface area contributed by atoms with Crippen LogP contribution < -0.4 is 4.90 Å². The topological polar surface area (TPSA) is 26.8 Å². The van der Waals surface area contributed by atoms with Crippen LogP contribution in [0.4, 0.5) is 11.4 Å². The van der Waals surface area contributed by atoms with E-state index in [0.717, 1.165) is 26.2 Å². The van der Waals surface area contributed by atoms with Crippen LogP contribution in [0.25, 0.3) is 0 Å². The molecule has 0 radical (unpaired) electrons. The Morgan fingerprint density at radius 3 is 2.29 bits per heavy atom. The van der Waals surface area contributed by atoms with Gasteiger partial charge in [0.25, 0.3) is 0 Å². The number of carbonyl (C=O) groups is 1. The molecule has 0 bridgehead atoms. The van der Waals surface area contributed by atoms with E-state index in [1.54, 1.807) is 0 Å². The molecule has 1 saturated heterocycles. The Bertz CT molecular complexity index is 669. The summed E-state index contributed by atoms with van der Waals surface area (Å²) in [5, 5.41) is 0. The number of para-hydroxylation sites is 1. The third-order valence-electron chi connectivity index (χ3n) is 4.69. The van der Waals surface area contributed by atoms with Crippen LogP contribution in [0.1, 0.15) is 12.0 Å². The maximum absolute atomic E-state index is 11.8. The Kier molecular flexibility index (Phi) is 5.16. The predicted molar refractivity (Wildman–Crippen MR) is 98.5 cm³/mol. The zero-order valence-electron chi connectivity index (χ0n) is 14.5. The lowest BCUT2D eigenvalue weighted by atomic mass is 10.1. The van der Waals surface area contributed by atoms with Gasteiger partial charge in [-0.15, -0.1) is 0 Å². The van der Waals surface area contributed by atoms with Crippen LogP contribution in [0.2, 0.25) is 0 Å². The molecule has 0 unspecified atom stereocenters. The number of hydrogen-bond donors (Lipinski definition) is 0. The number of rotatable bonds is 4. The molecular weight excluding hydrogens is 298 g/mol. The van der Waals surface area contributed by atoms with Crippen molar-refractivity contribution in [3.05, 3.63) is 60.2 Å². The summed E-state index contributed by atoms with van der Waals surface area (Å²) in [5.74, 6) is 0.248. The largest absolute Gasteiger partial charge is 0.345 e. The van der Waals surface area contributed by atoms with E-state index in [0.29, 0.717) is 6.42 Å². The maximum Gasteiger partial charge on any atom is 0.223 e. The molecule has 24 heavy (non-hydrogen) atoms. The number of carbonyl (C=O) groups excluding carboxylic acids is 1. The summed E-state index contributed by atoms with van der Waals surface area (Å²) >= 11 is 0. The lowest BCUT2D eigenvalue weighted by molar-refractivity contribution is -0.129. The first-order chi connectivity index (χ1) is 11.6. The summed E-state index contributed by atoms with van der Waals surface area (Å²) in [7, 11) is 3.97. The van der Waals surface area contributed by atoms with Crippen LogP contribution in [-0.4, -0.2) is 49.4 Å². The second kappa shape index (κ2) is 7.49. The summed E-state index contributed by atoms with van der Waals surface area (Å²) in [6, 6.07) is 19.1. The number of hydrogen-bond acceptors (Lipinski definition) is 3. The number of anilines is 2. The third-order valence-corrected chi connectivity index (χ3v) is 4.69. The van der Waals surface area contributed by atoms with E-state index in [4.69, 9.17) is 0 Å². The highest BCUT2D eigenvalue weighted by molar-refractivity contribution is 5.76. The molecule has 2 aromatic carbocycles. The van der Waals surface area contributed by atoms with E-state index in [2.05, 4.69) is 65.4 Å². The van der Waals surface area contributed by atoms with Crippen LogP contribution in [0.15, 0.2) is 54.6 Å². The highest BCUT2D eigenvalue weighted by Gasteiger charge is 2.17. The molecule has 0 spiro atoms. The molecule has 1 amide bonds. The summed E-state index contributed by atoms with van der Waals surface area (Å²) in [4.78, 5) is 18.1. The Morgan fingerprint density at radius 1 is 0.917 bits per heavy atom. The smallest absolute Gasteiger partial charge is 0.223 e. The molecule has 0 aromatic heterocycles. The Labute approximate surface area is 144 Å². The molecule has 2 aromatic rings. The first kappa shape index (κ1) is 16.5. The van der Waals surface area contributed by atoms with Crippen molar-refractivity contribution in [3.8, 4) is 0 Å². The molecule has 126 valence electrons. The Hall–Kier alpha value is -2.33. The molecule has 1 heterocycles. The maximum atomic E-state index is 11.8. The molecule has 1 aliphatic heterocycles. The van der Waals surface area contributed by atoms with Crippen molar-refractivity contribution in [1.29, 1.82) is 0 Å². The van der Waals surface area contributed by atoms with E-state index in [-0.39, 0.29) is 5.91 Å². The number of benzene rings is 2. The fraction of sp³-hybridized carbons (Fsp3) is 0.350. The summed E-state index contributed by atoms with van der Waals surface area (Å²) in [6.07, 6.45) is 0.616. The fourth-order valence-electron chi connectivity index (χ4n) is 3.01. The van der Waals surface area contributed by atoms with Crippen LogP contribution in [0.3, 0.4) is 0 Å². The second-order valence-corrected chi connectivity index (χ2v) is 6.40. The van der Waals surface area contributed by atoms with Gasteiger partial charge in [-0.3, -0.25) is 9.69 Å². The molecule has 3 rings (SSSR count). The standard InChI is InChI=1S/C20H25N3O/c1-21-14-15-23(13-12-20(21)24)16-17-8-10-19(11-9-17)22(2)18-6-4-3-5-7-18/h3-11H,12-16H2,1-2H3. The molecule has 0 aliphatic carbocycles. The molecule has 1 aliphatic rings. The van der Waals surface area contributed by atoms with Crippen molar-refractivity contribution >= 4 is 17.3 Å². The first-order valence-corrected chi connectivity index (χ1v) is 8.47. The normalized spacial score (nSPS) is 16.1. The number of likely N-dealkylation sites (N-methyl/N-ethyl adjacent to an activating group) is 1. The number of nitrogens with zero attached hydrogens (tertiary/aromatic N) is 3. The zero-order valence-corrected chi connectivity index (χ0v) is 14.5. The van der Waals surface area contributed by atoms with Gasteiger partial charge in [0, 0.05) is 58.1 Å². The summed E-state index contributed by atoms with van der Waals surface area (Å²) < 4.78 is 0. The molecule has 0 N–H and O–H groups in total. The summed E-state index contributed by atoms with van der Waals surface area (Å²) in [6.45, 7) is 3.49. The van der Waals surface area contributed by atoms with Crippen molar-refractivity contribution in [3.63, 3.8) is 0 Å². The first-order valence-electron chi connectivity index (χ1n) is 8.47. The molecule has 4 nitrogen and oxygen atoms in total. The fourth-order valence-corrected chi connectivity index (χ4v) is 3.01. The zero-order chi connectivity index (χ0) is 16.9. The van der Waals surface area contributed by atoms with E-state index in [1.807, 2.05) is 18.0 Å². The monoisotopic (exact) mass is 323 g/mol. The van der Waals surface area contributed by atoms with Gasteiger partial charge in [-0.2, -0.15) is 0 Å². The average molecular weight is 323 g/mol. The quantitative estimate of drug-likeness (QED) is 0.865. The van der Waals surface area contributed by atoms with Gasteiger partial charge in [0.2, 0.25) is 5.91 Å². The van der Waals surface area contributed by atoms with Gasteiger partial charge in [0.15, 0.2) is 0 Å². The van der Waals surface area contributed by atoms with Crippen molar-refractivity contribution in [1.82, 2.24) is 9.80 Å². The van der Waals surface area contributed by atoms with Gasteiger partial charge in [-0.05, 0) is 29.8 Å². The van der Waals surface area contributed by atoms with Crippen LogP contribution in [-0.2, 0) is 11.3 Å². The minimum Gasteiger partial charge on any atom is -0.345 e. The van der Waals surface area contributed by atoms with E-state index < -0.39 is 0 Å². The van der Waals surface area contributed by atoms with Gasteiger partial charge in [-0.25, -0.2) is 0 Å². The molecule has 4 heteroatoms. The summed E-state index contributed by atoms with van der Waals surface area (Å²) in [5.41, 5.74) is 3.65. The van der Waals surface area contributed by atoms with Crippen molar-refractivity contribution < 1.29 is 4.79 Å². The van der Waals surface area contributed by atoms with E-state index in [1.165, 1.54) is 16.9 Å². The SMILES string of the molecule is CN1CCN(Cc2ccc(N(C)c3ccccc3)cc2)CCC1=O. The van der Waals surface area contributed by atoms with E-state index >= 15 is 0 Å². The molecule has 0 atom stereocenters. The van der Waals surface area contributed by atoms with Gasteiger partial charge in [0.1, 0.15) is 0 Å². The Balaban J connectivity index is 1.63.